The predicted octanol–water partition coefficient (Wildman–Crippen LogP) is 3.38. The van der Waals surface area contributed by atoms with Crippen LogP contribution in [-0.2, 0) is 25.5 Å². The molecule has 210 valence electrons. The molecule has 0 aliphatic heterocycles. The summed E-state index contributed by atoms with van der Waals surface area (Å²) in [6.45, 7) is 7.21. The number of ketones is 1. The molecule has 0 heterocycles. The number of ether oxygens (including phenoxy) is 1. The number of hydrogen-bond donors (Lipinski definition) is 4. The number of nitrogens with one attached hydrogen (secondary N) is 1. The van der Waals surface area contributed by atoms with Crippen molar-refractivity contribution in [2.24, 2.45) is 5.92 Å². The summed E-state index contributed by atoms with van der Waals surface area (Å²) in [7, 11) is 1.44. The number of thioether (sulfide) groups is 1. The van der Waals surface area contributed by atoms with E-state index in [9.17, 15) is 24.6 Å². The molecule has 0 spiro atoms. The first-order chi connectivity index (χ1) is 17.9. The van der Waals surface area contributed by atoms with E-state index < -0.39 is 24.2 Å². The molecule has 9 heteroatoms. The Kier molecular flexibility index (Phi) is 15.5. The van der Waals surface area contributed by atoms with Gasteiger partial charge in [-0.1, -0.05) is 54.6 Å². The van der Waals surface area contributed by atoms with Crippen molar-refractivity contribution < 1.29 is 29.3 Å². The fourth-order valence-electron chi connectivity index (χ4n) is 3.64. The number of nitrogens with two attached hydrogens (primary N) is 1. The number of hydrogen-bond acceptors (Lipinski definition) is 8. The lowest BCUT2D eigenvalue weighted by atomic mass is 9.94. The van der Waals surface area contributed by atoms with Crippen LogP contribution in [0.3, 0.4) is 0 Å². The average molecular weight is 547 g/mol. The maximum Gasteiger partial charge on any atom is 0.216 e. The van der Waals surface area contributed by atoms with Gasteiger partial charge in [-0.25, -0.2) is 0 Å². The van der Waals surface area contributed by atoms with E-state index >= 15 is 0 Å². The first-order valence-corrected chi connectivity index (χ1v) is 13.6. The lowest BCUT2D eigenvalue weighted by Crippen LogP contribution is -2.28. The quantitative estimate of drug-likeness (QED) is 0.107. The number of amides is 1. The molecule has 1 aromatic rings. The van der Waals surface area contributed by atoms with Crippen molar-refractivity contribution in [3.05, 3.63) is 65.3 Å². The van der Waals surface area contributed by atoms with Crippen molar-refractivity contribution in [1.82, 2.24) is 5.32 Å². The van der Waals surface area contributed by atoms with Gasteiger partial charge in [-0.3, -0.25) is 14.4 Å². The molecular formula is C29H42N2O6S. The van der Waals surface area contributed by atoms with E-state index in [1.54, 1.807) is 32.1 Å². The zero-order valence-electron chi connectivity index (χ0n) is 23.0. The minimum Gasteiger partial charge on any atom is -0.399 e. The van der Waals surface area contributed by atoms with Crippen molar-refractivity contribution >= 4 is 34.3 Å². The van der Waals surface area contributed by atoms with Gasteiger partial charge < -0.3 is 26.0 Å². The van der Waals surface area contributed by atoms with Crippen LogP contribution in [0.1, 0.15) is 46.1 Å². The molecule has 0 unspecified atom stereocenters. The summed E-state index contributed by atoms with van der Waals surface area (Å²) in [5.41, 5.74) is 9.27. The van der Waals surface area contributed by atoms with Crippen LogP contribution in [-0.4, -0.2) is 64.7 Å². The summed E-state index contributed by atoms with van der Waals surface area (Å²) in [6.07, 6.45) is 4.80. The van der Waals surface area contributed by atoms with Crippen LogP contribution in [0.25, 0.3) is 0 Å². The van der Waals surface area contributed by atoms with Gasteiger partial charge in [0.25, 0.3) is 0 Å². The van der Waals surface area contributed by atoms with Gasteiger partial charge in [0.05, 0.1) is 12.2 Å². The lowest BCUT2D eigenvalue weighted by molar-refractivity contribution is -0.128. The third-order valence-corrected chi connectivity index (χ3v) is 6.74. The molecular weight excluding hydrogens is 504 g/mol. The Bertz CT molecular complexity index is 1020. The molecule has 1 rings (SSSR count). The van der Waals surface area contributed by atoms with E-state index in [-0.39, 0.29) is 29.6 Å². The van der Waals surface area contributed by atoms with Crippen LogP contribution in [0.5, 0.6) is 0 Å². The van der Waals surface area contributed by atoms with E-state index in [0.717, 1.165) is 29.3 Å². The normalized spacial score (nSPS) is 15.7. The second-order valence-corrected chi connectivity index (χ2v) is 10.6. The number of Topliss-reactive ketones (excluding diaryl/α,β-unsaturated/α-hetero) is 1. The summed E-state index contributed by atoms with van der Waals surface area (Å²) in [5.74, 6) is -0.411. The third kappa shape index (κ3) is 13.7. The Labute approximate surface area is 230 Å². The van der Waals surface area contributed by atoms with E-state index in [1.807, 2.05) is 37.3 Å². The fraction of sp³-hybridized carbons (Fsp3) is 0.483. The van der Waals surface area contributed by atoms with E-state index in [0.29, 0.717) is 23.6 Å². The van der Waals surface area contributed by atoms with Gasteiger partial charge in [-0.05, 0) is 49.6 Å². The zero-order chi connectivity index (χ0) is 28.7. The van der Waals surface area contributed by atoms with Gasteiger partial charge in [-0.15, -0.1) is 0 Å². The van der Waals surface area contributed by atoms with Gasteiger partial charge in [0.2, 0.25) is 5.91 Å². The highest BCUT2D eigenvalue weighted by Gasteiger charge is 2.23. The molecule has 0 aliphatic carbocycles. The largest absolute Gasteiger partial charge is 0.399 e. The second kappa shape index (κ2) is 17.7. The minimum absolute atomic E-state index is 0.0735. The van der Waals surface area contributed by atoms with Crippen molar-refractivity contribution in [2.75, 3.05) is 25.1 Å². The topological polar surface area (TPSA) is 139 Å². The van der Waals surface area contributed by atoms with Crippen molar-refractivity contribution in [3.8, 4) is 0 Å². The van der Waals surface area contributed by atoms with E-state index in [2.05, 4.69) is 5.32 Å². The van der Waals surface area contributed by atoms with E-state index in [1.165, 1.54) is 14.0 Å². The molecule has 4 atom stereocenters. The van der Waals surface area contributed by atoms with Gasteiger partial charge in [0.15, 0.2) is 10.9 Å². The maximum absolute atomic E-state index is 12.7. The number of allylic oxidation sites excluding steroid dienone is 3. The van der Waals surface area contributed by atoms with Crippen molar-refractivity contribution in [1.29, 1.82) is 0 Å². The van der Waals surface area contributed by atoms with Crippen LogP contribution in [0.15, 0.2) is 59.7 Å². The number of carbonyl (C=O) groups is 3. The highest BCUT2D eigenvalue weighted by Crippen LogP contribution is 2.18. The standard InChI is InChI=1S/C29H42N2O6S/c1-19(14-23-9-7-10-24(30)16-23)8-6-11-28(37-5)27(35)17-25(33)20(2)15-21(3)26(34)18-29(36)38-13-12-31-22(4)32/h6-11,15-16,20,25-26,28,33-34H,12-14,17-18,30H2,1-5H3,(H,31,32)/b11-6+,19-8+,21-15+/t20-,25-,26-,28+/m0/s1. The van der Waals surface area contributed by atoms with Crippen LogP contribution in [0.2, 0.25) is 0 Å². The molecule has 0 saturated heterocycles. The van der Waals surface area contributed by atoms with Crippen molar-refractivity contribution in [2.45, 2.75) is 65.3 Å². The fourth-order valence-corrected chi connectivity index (χ4v) is 4.34. The van der Waals surface area contributed by atoms with Gasteiger partial charge in [-0.2, -0.15) is 0 Å². The first kappa shape index (κ1) is 33.3. The molecule has 0 fully saturated rings. The zero-order valence-corrected chi connectivity index (χ0v) is 23.8. The summed E-state index contributed by atoms with van der Waals surface area (Å²) < 4.78 is 5.31. The van der Waals surface area contributed by atoms with Crippen LogP contribution in [0.4, 0.5) is 5.69 Å². The Hall–Kier alpha value is -2.72. The average Bonchev–Trinajstić information content (AvgIpc) is 2.84. The van der Waals surface area contributed by atoms with Crippen LogP contribution >= 0.6 is 11.8 Å². The number of methoxy groups -OCH3 is 1. The van der Waals surface area contributed by atoms with Crippen molar-refractivity contribution in [3.63, 3.8) is 0 Å². The summed E-state index contributed by atoms with van der Waals surface area (Å²) in [4.78, 5) is 35.6. The lowest BCUT2D eigenvalue weighted by Gasteiger charge is -2.19. The number of nitrogen functional groups attached to an aromatic ring is 1. The molecule has 8 nitrogen and oxygen atoms in total. The Morgan fingerprint density at radius 1 is 1.16 bits per heavy atom. The molecule has 5 N–H and O–H groups in total. The highest BCUT2D eigenvalue weighted by atomic mass is 32.2. The monoisotopic (exact) mass is 546 g/mol. The maximum atomic E-state index is 12.7. The minimum atomic E-state index is -0.988. The Morgan fingerprint density at radius 2 is 1.87 bits per heavy atom. The number of anilines is 1. The molecule has 1 amide bonds. The number of aliphatic hydroxyl groups excluding tert-OH is 2. The molecule has 0 aromatic heterocycles. The van der Waals surface area contributed by atoms with E-state index in [4.69, 9.17) is 10.5 Å². The Balaban J connectivity index is 2.59. The molecule has 1 aromatic carbocycles. The third-order valence-electron chi connectivity index (χ3n) is 5.84. The van der Waals surface area contributed by atoms with Gasteiger partial charge in [0.1, 0.15) is 6.10 Å². The summed E-state index contributed by atoms with van der Waals surface area (Å²) >= 11 is 1.05. The van der Waals surface area contributed by atoms with Gasteiger partial charge in [0, 0.05) is 50.8 Å². The molecule has 0 aliphatic rings. The Morgan fingerprint density at radius 3 is 2.50 bits per heavy atom. The number of benzene rings is 1. The number of rotatable bonds is 16. The summed E-state index contributed by atoms with van der Waals surface area (Å²) in [6, 6.07) is 7.68. The first-order valence-electron chi connectivity index (χ1n) is 12.6. The van der Waals surface area contributed by atoms with Crippen LogP contribution < -0.4 is 11.1 Å². The smallest absolute Gasteiger partial charge is 0.216 e. The molecule has 38 heavy (non-hydrogen) atoms. The number of aliphatic hydroxyl groups is 2. The highest BCUT2D eigenvalue weighted by molar-refractivity contribution is 8.13. The van der Waals surface area contributed by atoms with Gasteiger partial charge >= 0.3 is 0 Å². The molecule has 0 radical (unpaired) electrons. The number of carbonyl (C=O) groups excluding carboxylic acids is 3. The molecule has 0 bridgehead atoms. The second-order valence-electron chi connectivity index (χ2n) is 9.41. The SMILES string of the molecule is CO[C@H](/C=C/C=C(\C)Cc1cccc(N)c1)C(=O)C[C@H](O)[C@@H](C)/C=C(\C)[C@@H](O)CC(=O)SCCNC(C)=O. The summed E-state index contributed by atoms with van der Waals surface area (Å²) in [5, 5.41) is 23.4. The molecule has 0 saturated carbocycles. The van der Waals surface area contributed by atoms with Crippen LogP contribution in [0, 0.1) is 5.92 Å². The predicted molar refractivity (Wildman–Crippen MR) is 154 cm³/mol.